The summed E-state index contributed by atoms with van der Waals surface area (Å²) in [5.41, 5.74) is 1.54. The molecule has 0 bridgehead atoms. The van der Waals surface area contributed by atoms with E-state index in [0.717, 1.165) is 18.4 Å². The molecule has 2 aromatic carbocycles. The second kappa shape index (κ2) is 7.47. The Kier molecular flexibility index (Phi) is 4.51. The van der Waals surface area contributed by atoms with Crippen molar-refractivity contribution in [1.29, 1.82) is 0 Å². The van der Waals surface area contributed by atoms with Gasteiger partial charge in [-0.2, -0.15) is 0 Å². The van der Waals surface area contributed by atoms with Gasteiger partial charge in [-0.25, -0.2) is 4.68 Å². The van der Waals surface area contributed by atoms with Crippen LogP contribution in [0.25, 0.3) is 11.4 Å². The van der Waals surface area contributed by atoms with Crippen molar-refractivity contribution in [3.05, 3.63) is 54.1 Å². The highest BCUT2D eigenvalue weighted by atomic mass is 16.2. The molecule has 3 amide bonds. The van der Waals surface area contributed by atoms with Crippen LogP contribution in [-0.4, -0.2) is 55.0 Å². The van der Waals surface area contributed by atoms with E-state index in [1.807, 2.05) is 35.9 Å². The molecular weight excluding hydrogens is 434 g/mol. The Morgan fingerprint density at radius 3 is 2.79 bits per heavy atom. The van der Waals surface area contributed by atoms with Crippen molar-refractivity contribution in [3.8, 4) is 11.4 Å². The van der Waals surface area contributed by atoms with Crippen molar-refractivity contribution in [1.82, 2.24) is 25.1 Å². The lowest BCUT2D eigenvalue weighted by atomic mass is 9.98. The first-order chi connectivity index (χ1) is 16.5. The van der Waals surface area contributed by atoms with Crippen molar-refractivity contribution < 1.29 is 14.4 Å². The Labute approximate surface area is 195 Å². The van der Waals surface area contributed by atoms with E-state index in [1.165, 1.54) is 4.90 Å². The number of para-hydroxylation sites is 1. The van der Waals surface area contributed by atoms with Gasteiger partial charge < -0.3 is 10.2 Å². The number of fused-ring (bicyclic) bond motifs is 3. The number of carbonyl (C=O) groups is 3. The molecule has 172 valence electrons. The summed E-state index contributed by atoms with van der Waals surface area (Å²) in [4.78, 5) is 42.3. The number of nitrogens with zero attached hydrogens (tertiary/aromatic N) is 6. The van der Waals surface area contributed by atoms with Gasteiger partial charge in [0.25, 0.3) is 5.91 Å². The number of aromatic nitrogens is 4. The smallest absolute Gasteiger partial charge is 0.258 e. The number of carbonyl (C=O) groups excluding carboxylic acids is 3. The molecule has 1 saturated carbocycles. The molecular formula is C24H23N7O3. The first-order valence-electron chi connectivity index (χ1n) is 11.4. The van der Waals surface area contributed by atoms with Crippen LogP contribution in [0.4, 0.5) is 11.4 Å². The molecule has 10 nitrogen and oxygen atoms in total. The topological polar surface area (TPSA) is 113 Å². The number of anilines is 2. The van der Waals surface area contributed by atoms with Crippen molar-refractivity contribution in [2.75, 3.05) is 16.8 Å². The molecule has 1 atom stereocenters. The van der Waals surface area contributed by atoms with Crippen LogP contribution in [0.15, 0.2) is 48.5 Å². The maximum absolute atomic E-state index is 13.4. The number of rotatable bonds is 5. The zero-order valence-electron chi connectivity index (χ0n) is 18.6. The molecule has 10 heteroatoms. The minimum Gasteiger partial charge on any atom is -0.325 e. The van der Waals surface area contributed by atoms with Crippen LogP contribution in [0.5, 0.6) is 0 Å². The van der Waals surface area contributed by atoms with Crippen molar-refractivity contribution in [3.63, 3.8) is 0 Å². The van der Waals surface area contributed by atoms with Crippen LogP contribution in [0.1, 0.15) is 49.0 Å². The minimum atomic E-state index is -0.881. The van der Waals surface area contributed by atoms with Gasteiger partial charge in [-0.05, 0) is 60.9 Å². The van der Waals surface area contributed by atoms with Crippen LogP contribution in [0.3, 0.4) is 0 Å². The van der Waals surface area contributed by atoms with E-state index in [0.29, 0.717) is 41.6 Å². The Hall–Kier alpha value is -4.08. The van der Waals surface area contributed by atoms with Gasteiger partial charge in [0.15, 0.2) is 5.82 Å². The Morgan fingerprint density at radius 1 is 1.15 bits per heavy atom. The highest BCUT2D eigenvalue weighted by molar-refractivity contribution is 6.11. The zero-order valence-corrected chi connectivity index (χ0v) is 18.6. The zero-order chi connectivity index (χ0) is 23.4. The summed E-state index contributed by atoms with van der Waals surface area (Å²) >= 11 is 0. The molecule has 2 aliphatic heterocycles. The van der Waals surface area contributed by atoms with Crippen LogP contribution in [0.2, 0.25) is 0 Å². The second-order valence-corrected chi connectivity index (χ2v) is 9.16. The van der Waals surface area contributed by atoms with Gasteiger partial charge in [-0.15, -0.1) is 5.10 Å². The van der Waals surface area contributed by atoms with Crippen molar-refractivity contribution in [2.45, 2.75) is 44.3 Å². The summed E-state index contributed by atoms with van der Waals surface area (Å²) in [6.07, 6.45) is 2.91. The van der Waals surface area contributed by atoms with Crippen LogP contribution >= 0.6 is 0 Å². The number of amides is 3. The molecule has 1 saturated heterocycles. The van der Waals surface area contributed by atoms with Gasteiger partial charge in [0.2, 0.25) is 11.8 Å². The van der Waals surface area contributed by atoms with Gasteiger partial charge in [0.05, 0.1) is 17.3 Å². The lowest BCUT2D eigenvalue weighted by Crippen LogP contribution is -2.63. The van der Waals surface area contributed by atoms with E-state index in [2.05, 4.69) is 20.8 Å². The average Bonchev–Trinajstić information content (AvgIpc) is 3.47. The summed E-state index contributed by atoms with van der Waals surface area (Å²) < 4.78 is 1.82. The molecule has 6 rings (SSSR count). The average molecular weight is 457 g/mol. The SMILES string of the molecule is CC12CCC(=O)N1c1ccccc1C(=O)N2CC(=O)Nc1cccc(-c2nnnn2C2CC2)c1. The van der Waals surface area contributed by atoms with Crippen molar-refractivity contribution in [2.24, 2.45) is 0 Å². The summed E-state index contributed by atoms with van der Waals surface area (Å²) in [5.74, 6) is 0.0201. The number of hydrogen-bond acceptors (Lipinski definition) is 6. The molecule has 1 unspecified atom stereocenters. The maximum Gasteiger partial charge on any atom is 0.258 e. The van der Waals surface area contributed by atoms with E-state index >= 15 is 0 Å². The Morgan fingerprint density at radius 2 is 1.97 bits per heavy atom. The lowest BCUT2D eigenvalue weighted by molar-refractivity contribution is -0.120. The van der Waals surface area contributed by atoms with Crippen LogP contribution < -0.4 is 10.2 Å². The molecule has 1 aromatic heterocycles. The van der Waals surface area contributed by atoms with Gasteiger partial charge in [-0.3, -0.25) is 19.3 Å². The summed E-state index contributed by atoms with van der Waals surface area (Å²) in [7, 11) is 0. The van der Waals surface area contributed by atoms with Crippen LogP contribution in [-0.2, 0) is 9.59 Å². The third-order valence-corrected chi connectivity index (χ3v) is 6.84. The third-order valence-electron chi connectivity index (χ3n) is 6.84. The summed E-state index contributed by atoms with van der Waals surface area (Å²) in [6.45, 7) is 1.68. The molecule has 3 aromatic rings. The van der Waals surface area contributed by atoms with Gasteiger partial charge in [0.1, 0.15) is 12.2 Å². The predicted molar refractivity (Wildman–Crippen MR) is 123 cm³/mol. The van der Waals surface area contributed by atoms with Gasteiger partial charge in [-0.1, -0.05) is 24.3 Å². The summed E-state index contributed by atoms with van der Waals surface area (Å²) in [5, 5.41) is 14.9. The highest BCUT2D eigenvalue weighted by Crippen LogP contribution is 2.44. The molecule has 34 heavy (non-hydrogen) atoms. The lowest BCUT2D eigenvalue weighted by Gasteiger charge is -2.48. The fraction of sp³-hybridized carbons (Fsp3) is 0.333. The summed E-state index contributed by atoms with van der Waals surface area (Å²) in [6, 6.07) is 14.7. The third kappa shape index (κ3) is 3.17. The van der Waals surface area contributed by atoms with E-state index in [-0.39, 0.29) is 24.3 Å². The number of nitrogens with one attached hydrogen (secondary N) is 1. The second-order valence-electron chi connectivity index (χ2n) is 9.16. The van der Waals surface area contributed by atoms with E-state index in [9.17, 15) is 14.4 Å². The highest BCUT2D eigenvalue weighted by Gasteiger charge is 2.53. The van der Waals surface area contributed by atoms with E-state index < -0.39 is 5.66 Å². The van der Waals surface area contributed by atoms with E-state index in [4.69, 9.17) is 0 Å². The first kappa shape index (κ1) is 20.5. The fourth-order valence-corrected chi connectivity index (χ4v) is 4.97. The molecule has 1 N–H and O–H groups in total. The Bertz CT molecular complexity index is 1330. The number of tetrazole rings is 1. The standard InChI is InChI=1S/C24H23N7O3/c1-24-12-11-21(33)30(24)19-8-3-2-7-18(19)23(34)29(24)14-20(32)25-16-6-4-5-15(13-16)22-26-27-28-31(22)17-9-10-17/h2-8,13,17H,9-12,14H2,1H3,(H,25,32). The quantitative estimate of drug-likeness (QED) is 0.630. The van der Waals surface area contributed by atoms with Gasteiger partial charge in [0, 0.05) is 17.7 Å². The fourth-order valence-electron chi connectivity index (χ4n) is 4.97. The molecule has 3 heterocycles. The normalized spacial score (nSPS) is 21.4. The molecule has 0 radical (unpaired) electrons. The first-order valence-corrected chi connectivity index (χ1v) is 11.4. The monoisotopic (exact) mass is 457 g/mol. The maximum atomic E-state index is 13.4. The number of hydrogen-bond donors (Lipinski definition) is 1. The van der Waals surface area contributed by atoms with E-state index in [1.54, 1.807) is 29.2 Å². The largest absolute Gasteiger partial charge is 0.325 e. The molecule has 0 spiro atoms. The van der Waals surface area contributed by atoms with Gasteiger partial charge >= 0.3 is 0 Å². The van der Waals surface area contributed by atoms with Crippen molar-refractivity contribution >= 4 is 29.1 Å². The predicted octanol–water partition coefficient (Wildman–Crippen LogP) is 2.61. The molecule has 2 fully saturated rings. The molecule has 3 aliphatic rings. The Balaban J connectivity index is 1.25. The minimum absolute atomic E-state index is 0.0473. The number of benzene rings is 2. The molecule has 1 aliphatic carbocycles. The van der Waals surface area contributed by atoms with Crippen LogP contribution in [0, 0.1) is 0 Å².